The molecule has 0 aromatic rings. The van der Waals surface area contributed by atoms with Crippen molar-refractivity contribution in [3.63, 3.8) is 0 Å². The molecular weight excluding hydrogens is 248 g/mol. The fourth-order valence-electron chi connectivity index (χ4n) is 2.43. The Balaban J connectivity index is 2.16. The molecular formula is C13H28N2O2S. The van der Waals surface area contributed by atoms with Gasteiger partial charge in [-0.2, -0.15) is 0 Å². The van der Waals surface area contributed by atoms with Gasteiger partial charge in [0.05, 0.1) is 5.75 Å². The summed E-state index contributed by atoms with van der Waals surface area (Å²) in [7, 11) is 0.132. The molecule has 0 radical (unpaired) electrons. The van der Waals surface area contributed by atoms with Crippen LogP contribution in [0.2, 0.25) is 0 Å². The maximum absolute atomic E-state index is 11.6. The van der Waals surface area contributed by atoms with E-state index >= 15 is 0 Å². The molecule has 0 bridgehead atoms. The highest BCUT2D eigenvalue weighted by atomic mass is 32.2. The van der Waals surface area contributed by atoms with E-state index in [0.29, 0.717) is 6.54 Å². The quantitative estimate of drug-likeness (QED) is 0.753. The molecule has 4 nitrogen and oxygen atoms in total. The standard InChI is InChI=1S/C13H28N2O2S/c1-15(2)18(16,17)11-10-14-12-13-8-6-4-3-5-7-9-13/h13-14H,3-12H2,1-2H3. The first-order valence-electron chi connectivity index (χ1n) is 7.13. The summed E-state index contributed by atoms with van der Waals surface area (Å²) in [5.41, 5.74) is 0. The van der Waals surface area contributed by atoms with Gasteiger partial charge in [0, 0.05) is 20.6 Å². The molecule has 0 heterocycles. The smallest absolute Gasteiger partial charge is 0.214 e. The third-order valence-corrected chi connectivity index (χ3v) is 5.58. The minimum Gasteiger partial charge on any atom is -0.315 e. The second-order valence-electron chi connectivity index (χ2n) is 5.51. The van der Waals surface area contributed by atoms with Crippen molar-refractivity contribution < 1.29 is 8.42 Å². The zero-order chi connectivity index (χ0) is 13.4. The van der Waals surface area contributed by atoms with E-state index in [4.69, 9.17) is 0 Å². The van der Waals surface area contributed by atoms with Crippen molar-refractivity contribution >= 4 is 10.0 Å². The molecule has 0 aromatic carbocycles. The van der Waals surface area contributed by atoms with Gasteiger partial charge in [-0.25, -0.2) is 12.7 Å². The molecule has 1 saturated carbocycles. The highest BCUT2D eigenvalue weighted by molar-refractivity contribution is 7.89. The van der Waals surface area contributed by atoms with Gasteiger partial charge in [0.1, 0.15) is 0 Å². The molecule has 1 N–H and O–H groups in total. The molecule has 0 aliphatic heterocycles. The number of nitrogens with zero attached hydrogens (tertiary/aromatic N) is 1. The molecule has 1 aliphatic carbocycles. The normalized spacial score (nSPS) is 19.7. The lowest BCUT2D eigenvalue weighted by Gasteiger charge is -2.20. The van der Waals surface area contributed by atoms with Crippen LogP contribution < -0.4 is 5.32 Å². The van der Waals surface area contributed by atoms with Crippen LogP contribution in [0.5, 0.6) is 0 Å². The van der Waals surface area contributed by atoms with Gasteiger partial charge < -0.3 is 5.32 Å². The molecule has 1 aliphatic rings. The summed E-state index contributed by atoms with van der Waals surface area (Å²) < 4.78 is 24.4. The van der Waals surface area contributed by atoms with E-state index in [9.17, 15) is 8.42 Å². The predicted molar refractivity (Wildman–Crippen MR) is 76.2 cm³/mol. The second kappa shape index (κ2) is 8.12. The van der Waals surface area contributed by atoms with Crippen LogP contribution in [0.4, 0.5) is 0 Å². The van der Waals surface area contributed by atoms with Gasteiger partial charge in [0.25, 0.3) is 0 Å². The van der Waals surface area contributed by atoms with E-state index < -0.39 is 10.0 Å². The fourth-order valence-corrected chi connectivity index (χ4v) is 3.20. The Morgan fingerprint density at radius 2 is 1.61 bits per heavy atom. The first kappa shape index (κ1) is 15.9. The first-order valence-corrected chi connectivity index (χ1v) is 8.74. The number of nitrogens with one attached hydrogen (secondary N) is 1. The molecule has 1 rings (SSSR count). The molecule has 0 spiro atoms. The van der Waals surface area contributed by atoms with Gasteiger partial charge in [0.15, 0.2) is 0 Å². The van der Waals surface area contributed by atoms with Gasteiger partial charge in [-0.15, -0.1) is 0 Å². The van der Waals surface area contributed by atoms with E-state index in [2.05, 4.69) is 5.32 Å². The Morgan fingerprint density at radius 1 is 1.06 bits per heavy atom. The molecule has 0 amide bonds. The molecule has 0 unspecified atom stereocenters. The lowest BCUT2D eigenvalue weighted by molar-refractivity contribution is 0.363. The van der Waals surface area contributed by atoms with Crippen molar-refractivity contribution in [1.29, 1.82) is 0 Å². The third kappa shape index (κ3) is 6.16. The lowest BCUT2D eigenvalue weighted by atomic mass is 9.91. The number of sulfonamides is 1. The summed E-state index contributed by atoms with van der Waals surface area (Å²) in [5.74, 6) is 0.944. The third-order valence-electron chi connectivity index (χ3n) is 3.75. The van der Waals surface area contributed by atoms with E-state index in [1.807, 2.05) is 0 Å². The Bertz CT molecular complexity index is 307. The highest BCUT2D eigenvalue weighted by Crippen LogP contribution is 2.21. The van der Waals surface area contributed by atoms with Gasteiger partial charge in [0.2, 0.25) is 10.0 Å². The Hall–Kier alpha value is -0.130. The van der Waals surface area contributed by atoms with Crippen molar-refractivity contribution in [1.82, 2.24) is 9.62 Å². The molecule has 1 fully saturated rings. The van der Waals surface area contributed by atoms with E-state index in [1.165, 1.54) is 49.3 Å². The van der Waals surface area contributed by atoms with Gasteiger partial charge in [-0.1, -0.05) is 32.1 Å². The van der Waals surface area contributed by atoms with Crippen molar-refractivity contribution in [3.8, 4) is 0 Å². The molecule has 5 heteroatoms. The molecule has 18 heavy (non-hydrogen) atoms. The summed E-state index contributed by atoms with van der Waals surface area (Å²) >= 11 is 0. The Kier molecular flexibility index (Phi) is 7.19. The molecule has 0 atom stereocenters. The van der Waals surface area contributed by atoms with Crippen molar-refractivity contribution in [3.05, 3.63) is 0 Å². The van der Waals surface area contributed by atoms with Crippen LogP contribution in [-0.4, -0.2) is 45.7 Å². The number of hydrogen-bond acceptors (Lipinski definition) is 3. The minimum atomic E-state index is -3.04. The van der Waals surface area contributed by atoms with Crippen LogP contribution in [0.1, 0.15) is 44.9 Å². The topological polar surface area (TPSA) is 49.4 Å². The van der Waals surface area contributed by atoms with Crippen LogP contribution in [0, 0.1) is 5.92 Å². The number of hydrogen-bond donors (Lipinski definition) is 1. The predicted octanol–water partition coefficient (Wildman–Crippen LogP) is 1.83. The van der Waals surface area contributed by atoms with Crippen LogP contribution in [0.25, 0.3) is 0 Å². The zero-order valence-corrected chi connectivity index (χ0v) is 12.6. The summed E-state index contributed by atoms with van der Waals surface area (Å²) in [6, 6.07) is 0. The highest BCUT2D eigenvalue weighted by Gasteiger charge is 2.14. The molecule has 0 aromatic heterocycles. The van der Waals surface area contributed by atoms with Crippen LogP contribution in [-0.2, 0) is 10.0 Å². The van der Waals surface area contributed by atoms with Crippen LogP contribution >= 0.6 is 0 Å². The maximum Gasteiger partial charge on any atom is 0.214 e. The second-order valence-corrected chi connectivity index (χ2v) is 7.82. The fraction of sp³-hybridized carbons (Fsp3) is 1.00. The first-order chi connectivity index (χ1) is 8.52. The van der Waals surface area contributed by atoms with Crippen molar-refractivity contribution in [2.75, 3.05) is 32.9 Å². The van der Waals surface area contributed by atoms with Crippen molar-refractivity contribution in [2.45, 2.75) is 44.9 Å². The van der Waals surface area contributed by atoms with Crippen LogP contribution in [0.3, 0.4) is 0 Å². The summed E-state index contributed by atoms with van der Waals surface area (Å²) in [6.07, 6.45) is 9.39. The SMILES string of the molecule is CN(C)S(=O)(=O)CCNCC1CCCCCCC1. The summed E-state index contributed by atoms with van der Waals surface area (Å²) in [6.45, 7) is 1.54. The van der Waals surface area contributed by atoms with Gasteiger partial charge in [-0.05, 0) is 25.3 Å². The van der Waals surface area contributed by atoms with Gasteiger partial charge >= 0.3 is 0 Å². The molecule has 0 saturated heterocycles. The Morgan fingerprint density at radius 3 is 2.17 bits per heavy atom. The summed E-state index contributed by atoms with van der Waals surface area (Å²) in [5, 5.41) is 3.31. The molecule has 108 valence electrons. The number of rotatable bonds is 6. The minimum absolute atomic E-state index is 0.201. The van der Waals surface area contributed by atoms with Crippen molar-refractivity contribution in [2.24, 2.45) is 5.92 Å². The Labute approximate surface area is 112 Å². The maximum atomic E-state index is 11.6. The van der Waals surface area contributed by atoms with Crippen LogP contribution in [0.15, 0.2) is 0 Å². The van der Waals surface area contributed by atoms with E-state index in [1.54, 1.807) is 14.1 Å². The van der Waals surface area contributed by atoms with E-state index in [0.717, 1.165) is 12.5 Å². The average Bonchev–Trinajstić information content (AvgIpc) is 2.26. The van der Waals surface area contributed by atoms with Gasteiger partial charge in [-0.3, -0.25) is 0 Å². The monoisotopic (exact) mass is 276 g/mol. The zero-order valence-electron chi connectivity index (χ0n) is 11.8. The average molecular weight is 276 g/mol. The largest absolute Gasteiger partial charge is 0.315 e. The summed E-state index contributed by atoms with van der Waals surface area (Å²) in [4.78, 5) is 0. The lowest BCUT2D eigenvalue weighted by Crippen LogP contribution is -2.33. The van der Waals surface area contributed by atoms with E-state index in [-0.39, 0.29) is 5.75 Å².